The van der Waals surface area contributed by atoms with E-state index in [1.54, 1.807) is 12.2 Å². The van der Waals surface area contributed by atoms with Crippen LogP contribution in [0.3, 0.4) is 0 Å². The van der Waals surface area contributed by atoms with Crippen LogP contribution in [0.15, 0.2) is 24.8 Å². The molecule has 0 spiro atoms. The largest absolute Gasteiger partial charge is 0.387 e. The molecular formula is C8H12O3. The van der Waals surface area contributed by atoms with Crippen LogP contribution < -0.4 is 0 Å². The molecule has 0 aromatic rings. The normalized spacial score (nSPS) is 36.0. The summed E-state index contributed by atoms with van der Waals surface area (Å²) in [4.78, 5) is 0. The fraction of sp³-hybridized carbons (Fsp3) is 0.500. The highest BCUT2D eigenvalue weighted by Crippen LogP contribution is 2.14. The molecule has 3 unspecified atom stereocenters. The number of hydrogen-bond acceptors (Lipinski definition) is 3. The smallest absolute Gasteiger partial charge is 0.113 e. The molecule has 1 aliphatic rings. The predicted octanol–water partition coefficient (Wildman–Crippen LogP) is -0.151. The second-order valence-electron chi connectivity index (χ2n) is 2.45. The summed E-state index contributed by atoms with van der Waals surface area (Å²) in [6.45, 7) is 3.86. The Labute approximate surface area is 65.6 Å². The van der Waals surface area contributed by atoms with Crippen LogP contribution in [0.2, 0.25) is 0 Å². The average Bonchev–Trinajstić information content (AvgIpc) is 2.31. The summed E-state index contributed by atoms with van der Waals surface area (Å²) in [5.41, 5.74) is 0. The fourth-order valence-electron chi connectivity index (χ4n) is 0.979. The van der Waals surface area contributed by atoms with Gasteiger partial charge in [0.25, 0.3) is 0 Å². The van der Waals surface area contributed by atoms with E-state index >= 15 is 0 Å². The molecule has 0 radical (unpaired) electrons. The second kappa shape index (κ2) is 3.67. The van der Waals surface area contributed by atoms with Crippen molar-refractivity contribution in [1.82, 2.24) is 0 Å². The van der Waals surface area contributed by atoms with Crippen molar-refractivity contribution in [2.24, 2.45) is 0 Å². The van der Waals surface area contributed by atoms with Gasteiger partial charge in [-0.15, -0.1) is 6.58 Å². The van der Waals surface area contributed by atoms with E-state index in [1.807, 2.05) is 0 Å². The monoisotopic (exact) mass is 156 g/mol. The lowest BCUT2D eigenvalue weighted by Gasteiger charge is -2.15. The van der Waals surface area contributed by atoms with E-state index < -0.39 is 12.2 Å². The first kappa shape index (κ1) is 8.46. The summed E-state index contributed by atoms with van der Waals surface area (Å²) in [5.74, 6) is 0. The molecule has 3 atom stereocenters. The van der Waals surface area contributed by atoms with Crippen LogP contribution in [-0.4, -0.2) is 35.1 Å². The molecule has 0 heterocycles. The van der Waals surface area contributed by atoms with Crippen LogP contribution in [0, 0.1) is 0 Å². The van der Waals surface area contributed by atoms with Crippen molar-refractivity contribution < 1.29 is 14.9 Å². The molecule has 0 fully saturated rings. The molecule has 0 saturated heterocycles. The van der Waals surface area contributed by atoms with E-state index in [9.17, 15) is 5.11 Å². The van der Waals surface area contributed by atoms with Gasteiger partial charge in [0, 0.05) is 0 Å². The molecule has 0 amide bonds. The zero-order valence-corrected chi connectivity index (χ0v) is 6.18. The lowest BCUT2D eigenvalue weighted by atomic mass is 10.2. The van der Waals surface area contributed by atoms with Crippen molar-refractivity contribution in [3.63, 3.8) is 0 Å². The Morgan fingerprint density at radius 1 is 1.45 bits per heavy atom. The highest BCUT2D eigenvalue weighted by atomic mass is 16.5. The van der Waals surface area contributed by atoms with Gasteiger partial charge in [-0.2, -0.15) is 0 Å². The first-order valence-electron chi connectivity index (χ1n) is 3.52. The molecule has 0 aromatic heterocycles. The van der Waals surface area contributed by atoms with Gasteiger partial charge in [-0.3, -0.25) is 0 Å². The Hall–Kier alpha value is -0.640. The lowest BCUT2D eigenvalue weighted by molar-refractivity contribution is -0.0356. The second-order valence-corrected chi connectivity index (χ2v) is 2.45. The van der Waals surface area contributed by atoms with Crippen molar-refractivity contribution in [1.29, 1.82) is 0 Å². The van der Waals surface area contributed by atoms with Crippen molar-refractivity contribution in [2.75, 3.05) is 6.61 Å². The van der Waals surface area contributed by atoms with E-state index in [2.05, 4.69) is 6.58 Å². The zero-order valence-electron chi connectivity index (χ0n) is 6.18. The maximum atomic E-state index is 9.21. The first-order valence-corrected chi connectivity index (χ1v) is 3.52. The van der Waals surface area contributed by atoms with Crippen LogP contribution in [-0.2, 0) is 4.74 Å². The number of ether oxygens (including phenoxy) is 1. The summed E-state index contributed by atoms with van der Waals surface area (Å²) >= 11 is 0. The summed E-state index contributed by atoms with van der Waals surface area (Å²) in [6.07, 6.45) is 2.78. The first-order chi connectivity index (χ1) is 5.25. The van der Waals surface area contributed by atoms with E-state index in [1.165, 1.54) is 6.08 Å². The van der Waals surface area contributed by atoms with Gasteiger partial charge in [0.2, 0.25) is 0 Å². The molecule has 0 saturated carbocycles. The third kappa shape index (κ3) is 1.89. The fourth-order valence-corrected chi connectivity index (χ4v) is 0.979. The number of aliphatic hydroxyl groups excluding tert-OH is 2. The average molecular weight is 156 g/mol. The van der Waals surface area contributed by atoms with Crippen LogP contribution >= 0.6 is 0 Å². The van der Waals surface area contributed by atoms with Crippen molar-refractivity contribution >= 4 is 0 Å². The standard InChI is InChI=1S/C8H12O3/c1-2-5-11-7-4-3-6(9)8(7)10/h2-4,6-10H,1,5H2. The van der Waals surface area contributed by atoms with Crippen LogP contribution in [0.25, 0.3) is 0 Å². The molecule has 2 N–H and O–H groups in total. The molecular weight excluding hydrogens is 144 g/mol. The molecule has 0 aromatic carbocycles. The molecule has 0 aliphatic heterocycles. The van der Waals surface area contributed by atoms with Crippen molar-refractivity contribution in [3.05, 3.63) is 24.8 Å². The van der Waals surface area contributed by atoms with Gasteiger partial charge in [-0.25, -0.2) is 0 Å². The van der Waals surface area contributed by atoms with Gasteiger partial charge < -0.3 is 14.9 Å². The Kier molecular flexibility index (Phi) is 2.82. The molecule has 0 bridgehead atoms. The molecule has 62 valence electrons. The maximum absolute atomic E-state index is 9.21. The van der Waals surface area contributed by atoms with Crippen molar-refractivity contribution in [2.45, 2.75) is 18.3 Å². The third-order valence-corrected chi connectivity index (χ3v) is 1.59. The minimum absolute atomic E-state index is 0.386. The summed E-state index contributed by atoms with van der Waals surface area (Å²) < 4.78 is 5.12. The van der Waals surface area contributed by atoms with Crippen LogP contribution in [0.1, 0.15) is 0 Å². The maximum Gasteiger partial charge on any atom is 0.113 e. The van der Waals surface area contributed by atoms with E-state index in [0.717, 1.165) is 0 Å². The quantitative estimate of drug-likeness (QED) is 0.559. The lowest BCUT2D eigenvalue weighted by Crippen LogP contribution is -2.31. The van der Waals surface area contributed by atoms with Gasteiger partial charge in [0.05, 0.1) is 6.61 Å². The summed E-state index contributed by atoms with van der Waals surface area (Å²) in [7, 11) is 0. The Bertz CT molecular complexity index is 165. The van der Waals surface area contributed by atoms with Gasteiger partial charge in [-0.1, -0.05) is 18.2 Å². The van der Waals surface area contributed by atoms with Gasteiger partial charge in [-0.05, 0) is 0 Å². The number of rotatable bonds is 3. The van der Waals surface area contributed by atoms with Crippen LogP contribution in [0.4, 0.5) is 0 Å². The Balaban J connectivity index is 2.36. The predicted molar refractivity (Wildman–Crippen MR) is 41.1 cm³/mol. The molecule has 3 heteroatoms. The highest BCUT2D eigenvalue weighted by Gasteiger charge is 2.28. The number of aliphatic hydroxyl groups is 2. The molecule has 3 nitrogen and oxygen atoms in total. The highest BCUT2D eigenvalue weighted by molar-refractivity contribution is 5.09. The van der Waals surface area contributed by atoms with Crippen LogP contribution in [0.5, 0.6) is 0 Å². The molecule has 1 aliphatic carbocycles. The summed E-state index contributed by atoms with van der Waals surface area (Å²) in [5, 5.41) is 18.2. The van der Waals surface area contributed by atoms with Gasteiger partial charge in [0.1, 0.15) is 18.3 Å². The van der Waals surface area contributed by atoms with Gasteiger partial charge >= 0.3 is 0 Å². The van der Waals surface area contributed by atoms with E-state index in [-0.39, 0.29) is 6.10 Å². The Morgan fingerprint density at radius 3 is 2.64 bits per heavy atom. The van der Waals surface area contributed by atoms with E-state index in [0.29, 0.717) is 6.61 Å². The zero-order chi connectivity index (χ0) is 8.27. The Morgan fingerprint density at radius 2 is 2.18 bits per heavy atom. The van der Waals surface area contributed by atoms with Crippen molar-refractivity contribution in [3.8, 4) is 0 Å². The minimum Gasteiger partial charge on any atom is -0.387 e. The topological polar surface area (TPSA) is 49.7 Å². The summed E-state index contributed by atoms with van der Waals surface area (Å²) in [6, 6.07) is 0. The third-order valence-electron chi connectivity index (χ3n) is 1.59. The molecule has 11 heavy (non-hydrogen) atoms. The van der Waals surface area contributed by atoms with Gasteiger partial charge in [0.15, 0.2) is 0 Å². The van der Waals surface area contributed by atoms with E-state index in [4.69, 9.17) is 9.84 Å². The minimum atomic E-state index is -0.824. The SMILES string of the molecule is C=CCOC1C=CC(O)C1O. The molecule has 1 rings (SSSR count). The number of hydrogen-bond donors (Lipinski definition) is 2.